The number of nitrogens with one attached hydrogen (secondary N) is 1. The predicted molar refractivity (Wildman–Crippen MR) is 81.6 cm³/mol. The number of anilines is 2. The van der Waals surface area contributed by atoms with Crippen LogP contribution in [-0.2, 0) is 4.74 Å². The Kier molecular flexibility index (Phi) is 4.82. The van der Waals surface area contributed by atoms with E-state index in [4.69, 9.17) is 16.3 Å². The van der Waals surface area contributed by atoms with Crippen molar-refractivity contribution in [2.75, 3.05) is 19.5 Å². The Bertz CT molecular complexity index is 722. The number of hydrogen-bond donors (Lipinski definition) is 1. The lowest BCUT2D eigenvalue weighted by Gasteiger charge is -2.12. The van der Waals surface area contributed by atoms with Crippen LogP contribution in [0.1, 0.15) is 15.9 Å². The van der Waals surface area contributed by atoms with Crippen LogP contribution in [0.4, 0.5) is 15.9 Å². The van der Waals surface area contributed by atoms with Gasteiger partial charge in [0.15, 0.2) is 11.0 Å². The third kappa shape index (κ3) is 3.46. The molecule has 0 unspecified atom stereocenters. The van der Waals surface area contributed by atoms with Gasteiger partial charge in [0.05, 0.1) is 14.2 Å². The van der Waals surface area contributed by atoms with Gasteiger partial charge in [-0.3, -0.25) is 0 Å². The van der Waals surface area contributed by atoms with Crippen molar-refractivity contribution >= 4 is 29.1 Å². The minimum absolute atomic E-state index is 0.0510. The van der Waals surface area contributed by atoms with Gasteiger partial charge >= 0.3 is 5.97 Å². The van der Waals surface area contributed by atoms with Crippen LogP contribution in [0, 0.1) is 12.7 Å². The molecule has 5 nitrogen and oxygen atoms in total. The van der Waals surface area contributed by atoms with Crippen molar-refractivity contribution in [1.82, 2.24) is 4.98 Å². The van der Waals surface area contributed by atoms with E-state index < -0.39 is 11.8 Å². The van der Waals surface area contributed by atoms with E-state index in [1.807, 2.05) is 19.1 Å². The van der Waals surface area contributed by atoms with Crippen LogP contribution in [-0.4, -0.2) is 25.2 Å². The van der Waals surface area contributed by atoms with E-state index in [1.165, 1.54) is 7.11 Å². The molecule has 0 spiro atoms. The summed E-state index contributed by atoms with van der Waals surface area (Å²) in [5, 5.41) is 2.59. The molecule has 0 bridgehead atoms. The van der Waals surface area contributed by atoms with E-state index >= 15 is 0 Å². The first kappa shape index (κ1) is 16.0. The molecule has 0 amide bonds. The molecule has 0 radical (unpaired) electrons. The standard InChI is InChI=1S/C15H14ClFN2O3/c1-8-4-9(6-10(5-8)21-2)18-14-11(15(20)22-3)7-12(17)13(16)19-14/h4-7H,1-3H3,(H,18,19). The van der Waals surface area contributed by atoms with E-state index in [1.54, 1.807) is 13.2 Å². The fourth-order valence-corrected chi connectivity index (χ4v) is 2.04. The van der Waals surface area contributed by atoms with Gasteiger partial charge in [-0.05, 0) is 30.7 Å². The summed E-state index contributed by atoms with van der Waals surface area (Å²) >= 11 is 5.69. The van der Waals surface area contributed by atoms with E-state index in [2.05, 4.69) is 15.0 Å². The zero-order chi connectivity index (χ0) is 16.3. The van der Waals surface area contributed by atoms with Crippen molar-refractivity contribution in [2.24, 2.45) is 0 Å². The molecule has 7 heteroatoms. The Balaban J connectivity index is 2.46. The molecule has 0 atom stereocenters. The summed E-state index contributed by atoms with van der Waals surface area (Å²) in [6.07, 6.45) is 0. The fourth-order valence-electron chi connectivity index (χ4n) is 1.90. The van der Waals surface area contributed by atoms with Gasteiger partial charge in [0.2, 0.25) is 0 Å². The third-order valence-electron chi connectivity index (χ3n) is 2.89. The minimum Gasteiger partial charge on any atom is -0.497 e. The van der Waals surface area contributed by atoms with Crippen LogP contribution in [0.25, 0.3) is 0 Å². The van der Waals surface area contributed by atoms with Crippen LogP contribution in [0.3, 0.4) is 0 Å². The molecule has 0 aliphatic heterocycles. The fraction of sp³-hybridized carbons (Fsp3) is 0.200. The van der Waals surface area contributed by atoms with Gasteiger partial charge in [-0.15, -0.1) is 0 Å². The summed E-state index contributed by atoms with van der Waals surface area (Å²) in [7, 11) is 2.75. The van der Waals surface area contributed by atoms with Crippen LogP contribution in [0.5, 0.6) is 5.75 Å². The summed E-state index contributed by atoms with van der Waals surface area (Å²) in [5.74, 6) is -0.777. The largest absolute Gasteiger partial charge is 0.497 e. The van der Waals surface area contributed by atoms with Crippen LogP contribution >= 0.6 is 11.6 Å². The average Bonchev–Trinajstić information content (AvgIpc) is 2.49. The smallest absolute Gasteiger partial charge is 0.341 e. The summed E-state index contributed by atoms with van der Waals surface area (Å²) in [6.45, 7) is 1.89. The number of halogens is 2. The Labute approximate surface area is 132 Å². The van der Waals surface area contributed by atoms with E-state index in [-0.39, 0.29) is 16.5 Å². The average molecular weight is 325 g/mol. The van der Waals surface area contributed by atoms with Crippen LogP contribution in [0.2, 0.25) is 5.15 Å². The molecule has 1 aromatic carbocycles. The minimum atomic E-state index is -0.797. The van der Waals surface area contributed by atoms with Gasteiger partial charge in [-0.1, -0.05) is 11.6 Å². The molecule has 2 rings (SSSR count). The van der Waals surface area contributed by atoms with Crippen molar-refractivity contribution in [3.05, 3.63) is 46.4 Å². The summed E-state index contributed by atoms with van der Waals surface area (Å²) in [5.41, 5.74) is 1.51. The summed E-state index contributed by atoms with van der Waals surface area (Å²) in [6, 6.07) is 6.36. The van der Waals surface area contributed by atoms with E-state index in [9.17, 15) is 9.18 Å². The quantitative estimate of drug-likeness (QED) is 0.686. The van der Waals surface area contributed by atoms with E-state index in [0.717, 1.165) is 11.6 Å². The molecule has 1 heterocycles. The lowest BCUT2D eigenvalue weighted by molar-refractivity contribution is 0.0601. The van der Waals surface area contributed by atoms with Gasteiger partial charge in [-0.25, -0.2) is 14.2 Å². The molecule has 22 heavy (non-hydrogen) atoms. The molecule has 0 aliphatic rings. The molecule has 2 aromatic rings. The number of pyridine rings is 1. The number of esters is 1. The number of benzene rings is 1. The third-order valence-corrected chi connectivity index (χ3v) is 3.15. The molecule has 1 aromatic heterocycles. The molecule has 116 valence electrons. The molecule has 0 fully saturated rings. The number of carbonyl (C=O) groups excluding carboxylic acids is 1. The van der Waals surface area contributed by atoms with Crippen molar-refractivity contribution in [3.63, 3.8) is 0 Å². The number of ether oxygens (including phenoxy) is 2. The zero-order valence-electron chi connectivity index (χ0n) is 12.2. The number of hydrogen-bond acceptors (Lipinski definition) is 5. The number of rotatable bonds is 4. The molecule has 1 N–H and O–H groups in total. The maximum Gasteiger partial charge on any atom is 0.341 e. The van der Waals surface area contributed by atoms with Gasteiger partial charge in [0, 0.05) is 11.8 Å². The number of aryl methyl sites for hydroxylation is 1. The predicted octanol–water partition coefficient (Wildman–Crippen LogP) is 3.72. The molecular weight excluding hydrogens is 311 g/mol. The van der Waals surface area contributed by atoms with Crippen LogP contribution in [0.15, 0.2) is 24.3 Å². The maximum absolute atomic E-state index is 13.5. The van der Waals surface area contributed by atoms with Crippen LogP contribution < -0.4 is 10.1 Å². The van der Waals surface area contributed by atoms with E-state index in [0.29, 0.717) is 11.4 Å². The summed E-state index contributed by atoms with van der Waals surface area (Å²) < 4.78 is 23.3. The second kappa shape index (κ2) is 6.62. The van der Waals surface area contributed by atoms with Crippen molar-refractivity contribution in [2.45, 2.75) is 6.92 Å². The highest BCUT2D eigenvalue weighted by Crippen LogP contribution is 2.27. The number of aromatic nitrogens is 1. The first-order valence-electron chi connectivity index (χ1n) is 6.31. The topological polar surface area (TPSA) is 60.5 Å². The Hall–Kier alpha value is -2.34. The molecule has 0 saturated carbocycles. The Morgan fingerprint density at radius 1 is 1.27 bits per heavy atom. The lowest BCUT2D eigenvalue weighted by Crippen LogP contribution is -2.09. The lowest BCUT2D eigenvalue weighted by atomic mass is 10.2. The summed E-state index contributed by atoms with van der Waals surface area (Å²) in [4.78, 5) is 15.6. The van der Waals surface area contributed by atoms with Crippen molar-refractivity contribution in [1.29, 1.82) is 0 Å². The second-order valence-electron chi connectivity index (χ2n) is 4.51. The molecular formula is C15H14ClFN2O3. The maximum atomic E-state index is 13.5. The first-order chi connectivity index (χ1) is 10.4. The SMILES string of the molecule is COC(=O)c1cc(F)c(Cl)nc1Nc1cc(C)cc(OC)c1. The Morgan fingerprint density at radius 3 is 2.64 bits per heavy atom. The first-order valence-corrected chi connectivity index (χ1v) is 6.69. The van der Waals surface area contributed by atoms with Gasteiger partial charge in [0.25, 0.3) is 0 Å². The molecule has 0 saturated heterocycles. The highest BCUT2D eigenvalue weighted by Gasteiger charge is 2.18. The normalized spacial score (nSPS) is 10.2. The number of nitrogens with zero attached hydrogens (tertiary/aromatic N) is 1. The molecule has 0 aliphatic carbocycles. The highest BCUT2D eigenvalue weighted by atomic mass is 35.5. The van der Waals surface area contributed by atoms with Crippen molar-refractivity contribution in [3.8, 4) is 5.75 Å². The van der Waals surface area contributed by atoms with Gasteiger partial charge < -0.3 is 14.8 Å². The van der Waals surface area contributed by atoms with Gasteiger partial charge in [-0.2, -0.15) is 0 Å². The Morgan fingerprint density at radius 2 is 2.00 bits per heavy atom. The second-order valence-corrected chi connectivity index (χ2v) is 4.87. The highest BCUT2D eigenvalue weighted by molar-refractivity contribution is 6.29. The number of methoxy groups -OCH3 is 2. The van der Waals surface area contributed by atoms with Crippen molar-refractivity contribution < 1.29 is 18.7 Å². The monoisotopic (exact) mass is 324 g/mol. The number of carbonyl (C=O) groups is 1. The van der Waals surface area contributed by atoms with Gasteiger partial charge in [0.1, 0.15) is 17.1 Å². The zero-order valence-corrected chi connectivity index (χ0v) is 13.0.